The van der Waals surface area contributed by atoms with Gasteiger partial charge in [-0.25, -0.2) is 0 Å². The van der Waals surface area contributed by atoms with Crippen LogP contribution in [0.2, 0.25) is 0 Å². The van der Waals surface area contributed by atoms with Crippen molar-refractivity contribution in [2.45, 2.75) is 37.3 Å². The van der Waals surface area contributed by atoms with Crippen LogP contribution in [0.4, 0.5) is 0 Å². The van der Waals surface area contributed by atoms with E-state index in [-0.39, 0.29) is 10.6 Å². The van der Waals surface area contributed by atoms with Crippen molar-refractivity contribution in [2.75, 3.05) is 13.2 Å². The fraction of sp³-hybridized carbons (Fsp3) is 0.562. The average Bonchev–Trinajstić information content (AvgIpc) is 3.22. The lowest BCUT2D eigenvalue weighted by atomic mass is 10.2. The molecule has 0 radical (unpaired) electrons. The Morgan fingerprint density at radius 1 is 1.30 bits per heavy atom. The molecule has 1 saturated heterocycles. The monoisotopic (exact) mass is 291 g/mol. The van der Waals surface area contributed by atoms with Crippen LogP contribution in [-0.4, -0.2) is 29.2 Å². The van der Waals surface area contributed by atoms with Crippen LogP contribution in [0, 0.1) is 5.92 Å². The smallest absolute Gasteiger partial charge is 0.236 e. The molecule has 0 bridgehead atoms. The molecule has 2 atom stereocenters. The molecule has 20 heavy (non-hydrogen) atoms. The molecule has 0 aromatic heterocycles. The van der Waals surface area contributed by atoms with E-state index >= 15 is 0 Å². The molecule has 1 aromatic carbocycles. The number of amides is 1. The van der Waals surface area contributed by atoms with Crippen LogP contribution in [0.25, 0.3) is 0 Å². The number of ether oxygens (including phenoxy) is 1. The summed E-state index contributed by atoms with van der Waals surface area (Å²) in [7, 11) is 0. The second kappa shape index (κ2) is 5.68. The van der Waals surface area contributed by atoms with Gasteiger partial charge in [0.15, 0.2) is 0 Å². The molecule has 0 unspecified atom stereocenters. The van der Waals surface area contributed by atoms with Crippen LogP contribution >= 0.6 is 11.8 Å². The first-order valence-corrected chi connectivity index (χ1v) is 8.32. The van der Waals surface area contributed by atoms with E-state index in [0.29, 0.717) is 12.5 Å². The van der Waals surface area contributed by atoms with E-state index in [2.05, 4.69) is 17.0 Å². The molecule has 1 aromatic rings. The predicted molar refractivity (Wildman–Crippen MR) is 81.8 cm³/mol. The topological polar surface area (TPSA) is 29.5 Å². The number of rotatable bonds is 5. The van der Waals surface area contributed by atoms with E-state index in [1.165, 1.54) is 18.4 Å². The minimum Gasteiger partial charge on any atom is -0.494 e. The lowest BCUT2D eigenvalue weighted by Gasteiger charge is -2.24. The van der Waals surface area contributed by atoms with Crippen molar-refractivity contribution in [1.82, 2.24) is 4.90 Å². The average molecular weight is 291 g/mol. The molecule has 0 spiro atoms. The molecule has 1 aliphatic heterocycles. The first-order valence-electron chi connectivity index (χ1n) is 7.37. The van der Waals surface area contributed by atoms with Crippen molar-refractivity contribution in [3.63, 3.8) is 0 Å². The highest BCUT2D eigenvalue weighted by molar-refractivity contribution is 8.01. The number of carbonyl (C=O) groups is 1. The van der Waals surface area contributed by atoms with Gasteiger partial charge < -0.3 is 9.64 Å². The van der Waals surface area contributed by atoms with Gasteiger partial charge >= 0.3 is 0 Å². The minimum atomic E-state index is 0.0744. The summed E-state index contributed by atoms with van der Waals surface area (Å²) in [6, 6.07) is 8.19. The summed E-state index contributed by atoms with van der Waals surface area (Å²) in [5, 5.41) is 0.249. The van der Waals surface area contributed by atoms with Crippen molar-refractivity contribution in [3.8, 4) is 5.75 Å². The lowest BCUT2D eigenvalue weighted by molar-refractivity contribution is -0.130. The Kier molecular flexibility index (Phi) is 3.92. The number of hydrogen-bond donors (Lipinski definition) is 0. The maximum atomic E-state index is 12.3. The molecular weight excluding hydrogens is 270 g/mol. The van der Waals surface area contributed by atoms with Gasteiger partial charge in [0.05, 0.1) is 11.9 Å². The first-order chi connectivity index (χ1) is 9.69. The standard InChI is InChI=1S/C16H21NO2S/c1-3-19-14-8-6-13(7-9-14)16-17(10-12-4-5-12)15(18)11(2)20-16/h6-9,11-12,16H,3-5,10H2,1-2H3/t11-,16-/m0/s1. The zero-order chi connectivity index (χ0) is 14.1. The maximum Gasteiger partial charge on any atom is 0.236 e. The Hall–Kier alpha value is -1.16. The van der Waals surface area contributed by atoms with E-state index in [1.807, 2.05) is 26.0 Å². The van der Waals surface area contributed by atoms with Crippen molar-refractivity contribution in [2.24, 2.45) is 5.92 Å². The number of benzene rings is 1. The molecule has 2 fully saturated rings. The van der Waals surface area contributed by atoms with Gasteiger partial charge in [0.25, 0.3) is 0 Å². The van der Waals surface area contributed by atoms with Gasteiger partial charge in [-0.05, 0) is 50.3 Å². The van der Waals surface area contributed by atoms with E-state index in [4.69, 9.17) is 4.74 Å². The summed E-state index contributed by atoms with van der Waals surface area (Å²) >= 11 is 1.76. The molecule has 108 valence electrons. The SMILES string of the molecule is CCOc1ccc([C@@H]2S[C@@H](C)C(=O)N2CC2CC2)cc1. The Morgan fingerprint density at radius 2 is 2.00 bits per heavy atom. The third-order valence-electron chi connectivity index (χ3n) is 3.88. The minimum absolute atomic E-state index is 0.0744. The lowest BCUT2D eigenvalue weighted by Crippen LogP contribution is -2.32. The third-order valence-corrected chi connectivity index (χ3v) is 5.27. The van der Waals surface area contributed by atoms with Crippen LogP contribution in [0.1, 0.15) is 37.6 Å². The molecule has 0 N–H and O–H groups in total. The Balaban J connectivity index is 1.77. The summed E-state index contributed by atoms with van der Waals surface area (Å²) in [4.78, 5) is 14.4. The number of hydrogen-bond acceptors (Lipinski definition) is 3. The molecule has 3 nitrogen and oxygen atoms in total. The van der Waals surface area contributed by atoms with Crippen molar-refractivity contribution in [3.05, 3.63) is 29.8 Å². The fourth-order valence-electron chi connectivity index (χ4n) is 2.59. The predicted octanol–water partition coefficient (Wildman–Crippen LogP) is 3.46. The normalized spacial score (nSPS) is 26.1. The molecular formula is C16H21NO2S. The summed E-state index contributed by atoms with van der Waals surface area (Å²) in [5.41, 5.74) is 1.21. The van der Waals surface area contributed by atoms with Crippen LogP contribution in [0.15, 0.2) is 24.3 Å². The fourth-order valence-corrected chi connectivity index (χ4v) is 3.88. The van der Waals surface area contributed by atoms with Gasteiger partial charge in [-0.3, -0.25) is 4.79 Å². The van der Waals surface area contributed by atoms with Crippen molar-refractivity contribution < 1.29 is 9.53 Å². The largest absolute Gasteiger partial charge is 0.494 e. The van der Waals surface area contributed by atoms with E-state index in [1.54, 1.807) is 11.8 Å². The van der Waals surface area contributed by atoms with Gasteiger partial charge in [0, 0.05) is 6.54 Å². The second-order valence-electron chi connectivity index (χ2n) is 5.57. The molecule has 1 heterocycles. The Morgan fingerprint density at radius 3 is 2.60 bits per heavy atom. The van der Waals surface area contributed by atoms with Gasteiger partial charge in [-0.2, -0.15) is 0 Å². The second-order valence-corrected chi connectivity index (χ2v) is 6.99. The summed E-state index contributed by atoms with van der Waals surface area (Å²) < 4.78 is 5.48. The molecule has 3 rings (SSSR count). The van der Waals surface area contributed by atoms with Crippen LogP contribution < -0.4 is 4.74 Å². The zero-order valence-corrected chi connectivity index (χ0v) is 12.9. The number of carbonyl (C=O) groups excluding carboxylic acids is 1. The summed E-state index contributed by atoms with van der Waals surface area (Å²) in [5.74, 6) is 1.92. The van der Waals surface area contributed by atoms with Gasteiger partial charge in [0.1, 0.15) is 11.1 Å². The zero-order valence-electron chi connectivity index (χ0n) is 12.0. The quantitative estimate of drug-likeness (QED) is 0.832. The van der Waals surface area contributed by atoms with Gasteiger partial charge in [-0.1, -0.05) is 12.1 Å². The van der Waals surface area contributed by atoms with E-state index in [9.17, 15) is 4.79 Å². The highest BCUT2D eigenvalue weighted by atomic mass is 32.2. The molecule has 4 heteroatoms. The Labute approximate surface area is 124 Å². The molecule has 2 aliphatic rings. The van der Waals surface area contributed by atoms with Gasteiger partial charge in [0.2, 0.25) is 5.91 Å². The number of nitrogens with zero attached hydrogens (tertiary/aromatic N) is 1. The van der Waals surface area contributed by atoms with Crippen LogP contribution in [0.5, 0.6) is 5.75 Å². The van der Waals surface area contributed by atoms with E-state index < -0.39 is 0 Å². The summed E-state index contributed by atoms with van der Waals surface area (Å²) in [6.45, 7) is 5.61. The third kappa shape index (κ3) is 2.80. The van der Waals surface area contributed by atoms with Crippen LogP contribution in [0.3, 0.4) is 0 Å². The number of thioether (sulfide) groups is 1. The van der Waals surface area contributed by atoms with Crippen molar-refractivity contribution >= 4 is 17.7 Å². The van der Waals surface area contributed by atoms with Crippen molar-refractivity contribution in [1.29, 1.82) is 0 Å². The molecule has 1 aliphatic carbocycles. The Bertz CT molecular complexity index is 484. The maximum absolute atomic E-state index is 12.3. The van der Waals surface area contributed by atoms with E-state index in [0.717, 1.165) is 18.2 Å². The molecule has 1 saturated carbocycles. The molecule has 1 amide bonds. The highest BCUT2D eigenvalue weighted by Gasteiger charge is 2.40. The first kappa shape index (κ1) is 13.8. The van der Waals surface area contributed by atoms with Crippen LogP contribution in [-0.2, 0) is 4.79 Å². The van der Waals surface area contributed by atoms with Gasteiger partial charge in [-0.15, -0.1) is 11.8 Å². The highest BCUT2D eigenvalue weighted by Crippen LogP contribution is 2.45. The summed E-state index contributed by atoms with van der Waals surface area (Å²) in [6.07, 6.45) is 2.55.